The number of likely N-dealkylation sites (tertiary alicyclic amines) is 1. The van der Waals surface area contributed by atoms with Crippen molar-refractivity contribution in [1.82, 2.24) is 4.90 Å². The zero-order valence-electron chi connectivity index (χ0n) is 13.4. The number of aliphatic carboxylic acids is 1. The average Bonchev–Trinajstić information content (AvgIpc) is 2.84. The lowest BCUT2D eigenvalue weighted by atomic mass is 9.77. The maximum Gasteiger partial charge on any atom is 0.324 e. The first-order valence-corrected chi connectivity index (χ1v) is 8.51. The van der Waals surface area contributed by atoms with E-state index in [0.717, 1.165) is 44.1 Å². The molecule has 1 heterocycles. The fourth-order valence-electron chi connectivity index (χ4n) is 4.54. The highest BCUT2D eigenvalue weighted by atomic mass is 16.4. The summed E-state index contributed by atoms with van der Waals surface area (Å²) < 4.78 is 0. The Morgan fingerprint density at radius 2 is 2.10 bits per heavy atom. The molecule has 3 atom stereocenters. The summed E-state index contributed by atoms with van der Waals surface area (Å²) in [5.41, 5.74) is -0.557. The Hall–Kier alpha value is -0.570. The highest BCUT2D eigenvalue weighted by molar-refractivity contribution is 5.79. The number of hydrogen-bond donors (Lipinski definition) is 1. The molecule has 0 spiro atoms. The number of carbonyl (C=O) groups is 1. The van der Waals surface area contributed by atoms with E-state index in [1.54, 1.807) is 0 Å². The van der Waals surface area contributed by atoms with Crippen LogP contribution >= 0.6 is 0 Å². The molecule has 0 aromatic heterocycles. The number of rotatable bonds is 5. The molecule has 1 aliphatic heterocycles. The van der Waals surface area contributed by atoms with E-state index in [1.807, 2.05) is 0 Å². The van der Waals surface area contributed by atoms with Crippen LogP contribution in [0.1, 0.15) is 72.1 Å². The molecular weight excluding hydrogens is 250 g/mol. The highest BCUT2D eigenvalue weighted by Gasteiger charge is 2.49. The molecule has 0 radical (unpaired) electrons. The maximum atomic E-state index is 11.9. The van der Waals surface area contributed by atoms with Gasteiger partial charge in [0.25, 0.3) is 0 Å². The second-order valence-corrected chi connectivity index (χ2v) is 7.21. The zero-order chi connectivity index (χ0) is 14.8. The summed E-state index contributed by atoms with van der Waals surface area (Å²) in [6, 6.07) is 0.501. The van der Waals surface area contributed by atoms with Crippen molar-refractivity contribution in [3.63, 3.8) is 0 Å². The van der Waals surface area contributed by atoms with Crippen molar-refractivity contribution in [2.75, 3.05) is 6.54 Å². The lowest BCUT2D eigenvalue weighted by Gasteiger charge is -2.44. The Bertz CT molecular complexity index is 342. The first-order valence-electron chi connectivity index (χ1n) is 8.51. The molecule has 0 aromatic rings. The summed E-state index contributed by atoms with van der Waals surface area (Å²) in [6.45, 7) is 7.72. The molecule has 0 bridgehead atoms. The minimum absolute atomic E-state index is 0.501. The van der Waals surface area contributed by atoms with Crippen molar-refractivity contribution in [2.45, 2.75) is 83.7 Å². The van der Waals surface area contributed by atoms with Crippen LogP contribution in [0.2, 0.25) is 0 Å². The lowest BCUT2D eigenvalue weighted by Crippen LogP contribution is -2.55. The predicted molar refractivity (Wildman–Crippen MR) is 81.8 cm³/mol. The minimum Gasteiger partial charge on any atom is -0.480 e. The predicted octanol–water partition coefficient (Wildman–Crippen LogP) is 3.92. The second-order valence-electron chi connectivity index (χ2n) is 7.21. The normalized spacial score (nSPS) is 35.6. The smallest absolute Gasteiger partial charge is 0.324 e. The van der Waals surface area contributed by atoms with E-state index in [4.69, 9.17) is 0 Å². The van der Waals surface area contributed by atoms with Gasteiger partial charge in [-0.25, -0.2) is 0 Å². The molecule has 0 amide bonds. The van der Waals surface area contributed by atoms with Crippen molar-refractivity contribution in [1.29, 1.82) is 0 Å². The molecule has 1 saturated carbocycles. The summed E-state index contributed by atoms with van der Waals surface area (Å²) in [6.07, 6.45) is 8.67. The standard InChI is InChI=1S/C17H31NO2/c1-4-9-17(16(19)20)10-6-11-18(17)15-8-5-7-14(12-15)13(2)3/h13-15H,4-12H2,1-3H3,(H,19,20). The van der Waals surface area contributed by atoms with Crippen molar-refractivity contribution >= 4 is 5.97 Å². The number of carboxylic acid groups (broad SMARTS) is 1. The average molecular weight is 281 g/mol. The summed E-state index contributed by atoms with van der Waals surface area (Å²) in [7, 11) is 0. The van der Waals surface area contributed by atoms with Gasteiger partial charge in [0, 0.05) is 6.04 Å². The van der Waals surface area contributed by atoms with Crippen LogP contribution in [0.25, 0.3) is 0 Å². The zero-order valence-corrected chi connectivity index (χ0v) is 13.4. The Labute approximate surface area is 123 Å². The van der Waals surface area contributed by atoms with Crippen LogP contribution in [0.4, 0.5) is 0 Å². The summed E-state index contributed by atoms with van der Waals surface area (Å²) in [5.74, 6) is 0.928. The van der Waals surface area contributed by atoms with E-state index >= 15 is 0 Å². The number of carboxylic acids is 1. The van der Waals surface area contributed by atoms with Gasteiger partial charge in [0.15, 0.2) is 0 Å². The Balaban J connectivity index is 2.15. The van der Waals surface area contributed by atoms with Gasteiger partial charge < -0.3 is 5.11 Å². The third kappa shape index (κ3) is 2.88. The quantitative estimate of drug-likeness (QED) is 0.830. The van der Waals surface area contributed by atoms with Gasteiger partial charge in [0.05, 0.1) is 0 Å². The monoisotopic (exact) mass is 281 g/mol. The fraction of sp³-hybridized carbons (Fsp3) is 0.941. The summed E-state index contributed by atoms with van der Waals surface area (Å²) >= 11 is 0. The molecule has 2 rings (SSSR count). The highest BCUT2D eigenvalue weighted by Crippen LogP contribution is 2.41. The molecule has 20 heavy (non-hydrogen) atoms. The molecule has 2 fully saturated rings. The molecule has 1 N–H and O–H groups in total. The van der Waals surface area contributed by atoms with E-state index in [0.29, 0.717) is 6.04 Å². The topological polar surface area (TPSA) is 40.5 Å². The minimum atomic E-state index is -0.580. The van der Waals surface area contributed by atoms with Gasteiger partial charge in [-0.05, 0) is 50.5 Å². The van der Waals surface area contributed by atoms with Gasteiger partial charge in [-0.2, -0.15) is 0 Å². The third-order valence-corrected chi connectivity index (χ3v) is 5.67. The molecular formula is C17H31NO2. The number of hydrogen-bond acceptors (Lipinski definition) is 2. The van der Waals surface area contributed by atoms with E-state index in [9.17, 15) is 9.90 Å². The van der Waals surface area contributed by atoms with E-state index < -0.39 is 11.5 Å². The van der Waals surface area contributed by atoms with Gasteiger partial charge in [0.1, 0.15) is 5.54 Å². The third-order valence-electron chi connectivity index (χ3n) is 5.67. The first-order chi connectivity index (χ1) is 9.51. The molecule has 3 unspecified atom stereocenters. The molecule has 1 saturated heterocycles. The summed E-state index contributed by atoms with van der Waals surface area (Å²) in [5, 5.41) is 9.83. The van der Waals surface area contributed by atoms with Crippen molar-refractivity contribution in [2.24, 2.45) is 11.8 Å². The molecule has 2 aliphatic rings. The van der Waals surface area contributed by atoms with Gasteiger partial charge in [-0.1, -0.05) is 40.0 Å². The van der Waals surface area contributed by atoms with Crippen LogP contribution in [0.3, 0.4) is 0 Å². The summed E-state index contributed by atoms with van der Waals surface area (Å²) in [4.78, 5) is 14.3. The van der Waals surface area contributed by atoms with Crippen LogP contribution < -0.4 is 0 Å². The van der Waals surface area contributed by atoms with E-state index in [-0.39, 0.29) is 0 Å². The molecule has 3 nitrogen and oxygen atoms in total. The lowest BCUT2D eigenvalue weighted by molar-refractivity contribution is -0.152. The van der Waals surface area contributed by atoms with Gasteiger partial charge in [0.2, 0.25) is 0 Å². The fourth-order valence-corrected chi connectivity index (χ4v) is 4.54. The Morgan fingerprint density at radius 1 is 1.35 bits per heavy atom. The van der Waals surface area contributed by atoms with Crippen LogP contribution in [0.5, 0.6) is 0 Å². The molecule has 1 aliphatic carbocycles. The van der Waals surface area contributed by atoms with Gasteiger partial charge in [-0.15, -0.1) is 0 Å². The van der Waals surface area contributed by atoms with Crippen LogP contribution in [0.15, 0.2) is 0 Å². The SMILES string of the molecule is CCCC1(C(=O)O)CCCN1C1CCCC(C(C)C)C1. The number of nitrogens with zero attached hydrogens (tertiary/aromatic N) is 1. The Kier molecular flexibility index (Phi) is 5.11. The largest absolute Gasteiger partial charge is 0.480 e. The maximum absolute atomic E-state index is 11.9. The van der Waals surface area contributed by atoms with Crippen LogP contribution in [-0.2, 0) is 4.79 Å². The molecule has 0 aromatic carbocycles. The van der Waals surface area contributed by atoms with Crippen molar-refractivity contribution in [3.05, 3.63) is 0 Å². The van der Waals surface area contributed by atoms with Gasteiger partial charge >= 0.3 is 5.97 Å². The molecule has 116 valence electrons. The Morgan fingerprint density at radius 3 is 2.70 bits per heavy atom. The van der Waals surface area contributed by atoms with Gasteiger partial charge in [-0.3, -0.25) is 9.69 Å². The first kappa shape index (κ1) is 15.8. The second kappa shape index (κ2) is 6.46. The van der Waals surface area contributed by atoms with E-state index in [1.165, 1.54) is 25.7 Å². The van der Waals surface area contributed by atoms with Crippen molar-refractivity contribution < 1.29 is 9.90 Å². The van der Waals surface area contributed by atoms with E-state index in [2.05, 4.69) is 25.7 Å². The van der Waals surface area contributed by atoms with Crippen LogP contribution in [0, 0.1) is 11.8 Å². The molecule has 3 heteroatoms. The van der Waals surface area contributed by atoms with Crippen LogP contribution in [-0.4, -0.2) is 34.1 Å². The van der Waals surface area contributed by atoms with Crippen molar-refractivity contribution in [3.8, 4) is 0 Å².